The second-order valence-electron chi connectivity index (χ2n) is 6.97. The Morgan fingerprint density at radius 1 is 1.28 bits per heavy atom. The summed E-state index contributed by atoms with van der Waals surface area (Å²) >= 11 is 0. The highest BCUT2D eigenvalue weighted by atomic mass is 16.2. The Hall–Kier alpha value is -2.15. The number of hydrogen-bond acceptors (Lipinski definition) is 4. The van der Waals surface area contributed by atoms with Gasteiger partial charge in [0.15, 0.2) is 0 Å². The average Bonchev–Trinajstić information content (AvgIpc) is 3.06. The molecule has 1 atom stereocenters. The number of likely N-dealkylation sites (tertiary alicyclic amines) is 1. The van der Waals surface area contributed by atoms with E-state index < -0.39 is 5.91 Å². The van der Waals surface area contributed by atoms with E-state index in [1.165, 1.54) is 0 Å². The lowest BCUT2D eigenvalue weighted by molar-refractivity contribution is -0.129. The van der Waals surface area contributed by atoms with Gasteiger partial charge in [-0.3, -0.25) is 14.4 Å². The minimum Gasteiger partial charge on any atom is -0.343 e. The number of carbonyl (C=O) groups is 2. The lowest BCUT2D eigenvalue weighted by Crippen LogP contribution is -2.41. The maximum absolute atomic E-state index is 12.7. The van der Waals surface area contributed by atoms with Crippen molar-refractivity contribution in [2.45, 2.75) is 32.7 Å². The van der Waals surface area contributed by atoms with Crippen molar-refractivity contribution in [2.75, 3.05) is 40.3 Å². The molecule has 0 bridgehead atoms. The first-order valence-corrected chi connectivity index (χ1v) is 8.73. The van der Waals surface area contributed by atoms with Crippen molar-refractivity contribution in [3.63, 3.8) is 0 Å². The molecule has 0 saturated carbocycles. The SMILES string of the molecule is Cc1ccn(C(C)CN(C)C)c(=O)c1C(=O)NCC(=O)N1CCCC1. The first kappa shape index (κ1) is 19.2. The van der Waals surface area contributed by atoms with Crippen LogP contribution < -0.4 is 10.9 Å². The van der Waals surface area contributed by atoms with Crippen LogP contribution in [0.1, 0.15) is 41.7 Å². The van der Waals surface area contributed by atoms with Gasteiger partial charge in [-0.15, -0.1) is 0 Å². The van der Waals surface area contributed by atoms with Crippen LogP contribution in [0.4, 0.5) is 0 Å². The zero-order valence-corrected chi connectivity index (χ0v) is 15.5. The summed E-state index contributed by atoms with van der Waals surface area (Å²) in [5, 5.41) is 2.61. The molecule has 1 aliphatic rings. The number of nitrogens with one attached hydrogen (secondary N) is 1. The highest BCUT2D eigenvalue weighted by molar-refractivity contribution is 5.97. The fourth-order valence-electron chi connectivity index (χ4n) is 3.20. The summed E-state index contributed by atoms with van der Waals surface area (Å²) in [4.78, 5) is 41.0. The first-order chi connectivity index (χ1) is 11.8. The van der Waals surface area contributed by atoms with Crippen LogP contribution >= 0.6 is 0 Å². The minimum absolute atomic E-state index is 0.0547. The lowest BCUT2D eigenvalue weighted by Gasteiger charge is -2.21. The lowest BCUT2D eigenvalue weighted by atomic mass is 10.1. The van der Waals surface area contributed by atoms with Gasteiger partial charge in [0.25, 0.3) is 11.5 Å². The zero-order chi connectivity index (χ0) is 18.6. The molecule has 7 heteroatoms. The van der Waals surface area contributed by atoms with Gasteiger partial charge < -0.3 is 19.7 Å². The van der Waals surface area contributed by atoms with Crippen molar-refractivity contribution in [1.82, 2.24) is 19.7 Å². The van der Waals surface area contributed by atoms with Gasteiger partial charge in [0.1, 0.15) is 5.56 Å². The average molecular weight is 348 g/mol. The summed E-state index contributed by atoms with van der Waals surface area (Å²) in [6, 6.07) is 1.71. The van der Waals surface area contributed by atoms with E-state index in [-0.39, 0.29) is 29.6 Å². The van der Waals surface area contributed by atoms with E-state index in [4.69, 9.17) is 0 Å². The van der Waals surface area contributed by atoms with Crippen LogP contribution in [0.25, 0.3) is 0 Å². The Bertz CT molecular complexity index is 690. The minimum atomic E-state index is -0.485. The summed E-state index contributed by atoms with van der Waals surface area (Å²) in [6.07, 6.45) is 3.73. The van der Waals surface area contributed by atoms with Gasteiger partial charge in [-0.1, -0.05) is 0 Å². The number of pyridine rings is 1. The molecule has 0 spiro atoms. The van der Waals surface area contributed by atoms with Gasteiger partial charge in [-0.05, 0) is 52.4 Å². The van der Waals surface area contributed by atoms with Crippen molar-refractivity contribution in [2.24, 2.45) is 0 Å². The molecule has 1 unspecified atom stereocenters. The number of rotatable bonds is 6. The Morgan fingerprint density at radius 2 is 1.92 bits per heavy atom. The van der Waals surface area contributed by atoms with Crippen LogP contribution in [0.15, 0.2) is 17.1 Å². The maximum Gasteiger partial charge on any atom is 0.263 e. The number of carbonyl (C=O) groups excluding carboxylic acids is 2. The summed E-state index contributed by atoms with van der Waals surface area (Å²) in [6.45, 7) is 5.79. The van der Waals surface area contributed by atoms with Gasteiger partial charge in [-0.25, -0.2) is 0 Å². The zero-order valence-electron chi connectivity index (χ0n) is 15.5. The summed E-state index contributed by atoms with van der Waals surface area (Å²) in [5.41, 5.74) is 0.409. The molecule has 0 radical (unpaired) electrons. The van der Waals surface area contributed by atoms with Gasteiger partial charge in [0.05, 0.1) is 6.54 Å². The number of aromatic nitrogens is 1. The Kier molecular flexibility index (Phi) is 6.36. The molecule has 1 fully saturated rings. The molecule has 0 aliphatic carbocycles. The largest absolute Gasteiger partial charge is 0.343 e. The van der Waals surface area contributed by atoms with Gasteiger partial charge in [0.2, 0.25) is 5.91 Å². The van der Waals surface area contributed by atoms with Crippen LogP contribution in [-0.4, -0.2) is 66.5 Å². The van der Waals surface area contributed by atoms with Crippen LogP contribution in [0, 0.1) is 6.92 Å². The molecule has 2 amide bonds. The normalized spacial score (nSPS) is 15.5. The van der Waals surface area contributed by atoms with Crippen molar-refractivity contribution in [1.29, 1.82) is 0 Å². The van der Waals surface area contributed by atoms with Crippen LogP contribution in [0.5, 0.6) is 0 Å². The molecule has 1 aromatic rings. The Labute approximate surface area is 148 Å². The molecule has 2 rings (SSSR count). The van der Waals surface area contributed by atoms with Crippen molar-refractivity contribution in [3.05, 3.63) is 33.7 Å². The van der Waals surface area contributed by atoms with Crippen LogP contribution in [-0.2, 0) is 4.79 Å². The number of likely N-dealkylation sites (N-methyl/N-ethyl adjacent to an activating group) is 1. The monoisotopic (exact) mass is 348 g/mol. The molecule has 1 N–H and O–H groups in total. The van der Waals surface area contributed by atoms with Crippen molar-refractivity contribution in [3.8, 4) is 0 Å². The molecule has 138 valence electrons. The molecule has 7 nitrogen and oxygen atoms in total. The highest BCUT2D eigenvalue weighted by Gasteiger charge is 2.21. The Morgan fingerprint density at radius 3 is 2.52 bits per heavy atom. The third kappa shape index (κ3) is 4.69. The predicted octanol–water partition coefficient (Wildman–Crippen LogP) is 0.632. The number of aryl methyl sites for hydroxylation is 1. The van der Waals surface area contributed by atoms with Crippen molar-refractivity contribution < 1.29 is 9.59 Å². The van der Waals surface area contributed by atoms with Crippen LogP contribution in [0.3, 0.4) is 0 Å². The van der Waals surface area contributed by atoms with Crippen molar-refractivity contribution >= 4 is 11.8 Å². The Balaban J connectivity index is 2.12. The topological polar surface area (TPSA) is 74.6 Å². The molecule has 1 saturated heterocycles. The first-order valence-electron chi connectivity index (χ1n) is 8.73. The number of nitrogens with zero attached hydrogens (tertiary/aromatic N) is 3. The highest BCUT2D eigenvalue weighted by Crippen LogP contribution is 2.09. The van der Waals surface area contributed by atoms with E-state index in [0.717, 1.165) is 25.9 Å². The fraction of sp³-hybridized carbons (Fsp3) is 0.611. The fourth-order valence-corrected chi connectivity index (χ4v) is 3.20. The summed E-state index contributed by atoms with van der Waals surface area (Å²) in [5.74, 6) is -0.581. The summed E-state index contributed by atoms with van der Waals surface area (Å²) in [7, 11) is 3.88. The third-order valence-corrected chi connectivity index (χ3v) is 4.52. The van der Waals surface area contributed by atoms with Crippen LogP contribution in [0.2, 0.25) is 0 Å². The van der Waals surface area contributed by atoms with E-state index in [1.807, 2.05) is 25.9 Å². The van der Waals surface area contributed by atoms with E-state index in [9.17, 15) is 14.4 Å². The molecule has 2 heterocycles. The second kappa shape index (κ2) is 8.29. The smallest absolute Gasteiger partial charge is 0.263 e. The second-order valence-corrected chi connectivity index (χ2v) is 6.97. The third-order valence-electron chi connectivity index (χ3n) is 4.52. The van der Waals surface area contributed by atoms with Gasteiger partial charge in [-0.2, -0.15) is 0 Å². The number of amides is 2. The predicted molar refractivity (Wildman–Crippen MR) is 96.9 cm³/mol. The van der Waals surface area contributed by atoms with E-state index in [1.54, 1.807) is 28.7 Å². The molecule has 0 aromatic carbocycles. The quantitative estimate of drug-likeness (QED) is 0.818. The maximum atomic E-state index is 12.7. The van der Waals surface area contributed by atoms with E-state index >= 15 is 0 Å². The molecular weight excluding hydrogens is 320 g/mol. The van der Waals surface area contributed by atoms with Gasteiger partial charge in [0, 0.05) is 31.9 Å². The molecule has 1 aromatic heterocycles. The number of hydrogen-bond donors (Lipinski definition) is 1. The summed E-state index contributed by atoms with van der Waals surface area (Å²) < 4.78 is 1.57. The van der Waals surface area contributed by atoms with Gasteiger partial charge >= 0.3 is 0 Å². The van der Waals surface area contributed by atoms with E-state index in [0.29, 0.717) is 12.1 Å². The standard InChI is InChI=1S/C18H28N4O3/c1-13-7-10-22(14(2)12-20(3)4)18(25)16(13)17(24)19-11-15(23)21-8-5-6-9-21/h7,10,14H,5-6,8-9,11-12H2,1-4H3,(H,19,24). The van der Waals surface area contributed by atoms with E-state index in [2.05, 4.69) is 5.32 Å². The molecule has 1 aliphatic heterocycles. The molecule has 25 heavy (non-hydrogen) atoms. The molecular formula is C18H28N4O3.